The first-order valence-electron chi connectivity index (χ1n) is 4.38. The summed E-state index contributed by atoms with van der Waals surface area (Å²) in [5, 5.41) is 15.8. The molecule has 1 heterocycles. The lowest BCUT2D eigenvalue weighted by Gasteiger charge is -2.07. The average molecular weight is 208 g/mol. The van der Waals surface area contributed by atoms with Gasteiger partial charge in [0.1, 0.15) is 0 Å². The second-order valence-corrected chi connectivity index (χ2v) is 2.79. The molecule has 6 nitrogen and oxygen atoms in total. The normalized spacial score (nSPS) is 10.9. The van der Waals surface area contributed by atoms with Gasteiger partial charge in [0, 0.05) is 26.0 Å². The minimum absolute atomic E-state index is 0.365. The van der Waals surface area contributed by atoms with E-state index in [0.29, 0.717) is 12.4 Å². The van der Waals surface area contributed by atoms with Gasteiger partial charge in [-0.25, -0.2) is 0 Å². The smallest absolute Gasteiger partial charge is 0.274 e. The Morgan fingerprint density at radius 1 is 1.73 bits per heavy atom. The number of nitrogens with zero attached hydrogens (tertiary/aromatic N) is 2. The summed E-state index contributed by atoms with van der Waals surface area (Å²) in [5.41, 5.74) is 0.960. The van der Waals surface area contributed by atoms with Crippen LogP contribution >= 0.6 is 0 Å². The summed E-state index contributed by atoms with van der Waals surface area (Å²) >= 11 is 0. The first kappa shape index (κ1) is 11.0. The van der Waals surface area contributed by atoms with Gasteiger partial charge < -0.3 is 10.6 Å². The van der Waals surface area contributed by atoms with Crippen molar-refractivity contribution in [2.45, 2.75) is 6.54 Å². The summed E-state index contributed by atoms with van der Waals surface area (Å²) in [6.07, 6.45) is 4.26. The monoisotopic (exact) mass is 208 g/mol. The van der Waals surface area contributed by atoms with Crippen LogP contribution in [0.2, 0.25) is 0 Å². The van der Waals surface area contributed by atoms with Gasteiger partial charge in [-0.3, -0.25) is 15.1 Å². The van der Waals surface area contributed by atoms with Crippen LogP contribution in [-0.2, 0) is 6.54 Å². The SMILES string of the molecule is CNC(=C[N+](=O)[O-])NCc1cccnc1. The fourth-order valence-corrected chi connectivity index (χ4v) is 1.00. The van der Waals surface area contributed by atoms with E-state index in [9.17, 15) is 10.1 Å². The Balaban J connectivity index is 2.52. The molecule has 0 spiro atoms. The second-order valence-electron chi connectivity index (χ2n) is 2.79. The Labute approximate surface area is 87.2 Å². The van der Waals surface area contributed by atoms with Crippen LogP contribution in [0, 0.1) is 10.1 Å². The molecule has 0 bridgehead atoms. The molecule has 0 aliphatic heterocycles. The van der Waals surface area contributed by atoms with Crippen molar-refractivity contribution in [3.63, 3.8) is 0 Å². The van der Waals surface area contributed by atoms with Crippen LogP contribution in [0.25, 0.3) is 0 Å². The summed E-state index contributed by atoms with van der Waals surface area (Å²) in [7, 11) is 1.62. The van der Waals surface area contributed by atoms with Crippen molar-refractivity contribution in [3.8, 4) is 0 Å². The predicted molar refractivity (Wildman–Crippen MR) is 55.2 cm³/mol. The van der Waals surface area contributed by atoms with Crippen molar-refractivity contribution < 1.29 is 4.92 Å². The van der Waals surface area contributed by atoms with E-state index in [1.165, 1.54) is 0 Å². The quantitative estimate of drug-likeness (QED) is 0.543. The van der Waals surface area contributed by atoms with Crippen molar-refractivity contribution >= 4 is 0 Å². The standard InChI is InChI=1S/C9H12N4O2/c1-10-9(7-13(14)15)12-6-8-3-2-4-11-5-8/h2-5,7,10,12H,6H2,1H3. The summed E-state index contributed by atoms with van der Waals surface area (Å²) in [4.78, 5) is 13.6. The Hall–Kier alpha value is -2.11. The van der Waals surface area contributed by atoms with Crippen molar-refractivity contribution in [3.05, 3.63) is 52.2 Å². The number of aromatic nitrogens is 1. The first-order chi connectivity index (χ1) is 7.22. The third-order valence-corrected chi connectivity index (χ3v) is 1.71. The average Bonchev–Trinajstić information content (AvgIpc) is 2.25. The van der Waals surface area contributed by atoms with E-state index in [0.717, 1.165) is 11.8 Å². The summed E-state index contributed by atoms with van der Waals surface area (Å²) in [6, 6.07) is 3.70. The molecule has 0 saturated carbocycles. The molecule has 2 N–H and O–H groups in total. The highest BCUT2D eigenvalue weighted by Crippen LogP contribution is 1.95. The molecule has 80 valence electrons. The van der Waals surface area contributed by atoms with E-state index < -0.39 is 4.92 Å². The number of hydrogen-bond donors (Lipinski definition) is 2. The molecule has 0 aromatic carbocycles. The topological polar surface area (TPSA) is 80.1 Å². The Bertz CT molecular complexity index is 350. The van der Waals surface area contributed by atoms with E-state index in [4.69, 9.17) is 0 Å². The minimum Gasteiger partial charge on any atom is -0.370 e. The summed E-state index contributed by atoms with van der Waals surface area (Å²) < 4.78 is 0. The van der Waals surface area contributed by atoms with E-state index in [1.54, 1.807) is 19.4 Å². The molecule has 0 atom stereocenters. The van der Waals surface area contributed by atoms with Gasteiger partial charge in [-0.1, -0.05) is 6.07 Å². The van der Waals surface area contributed by atoms with Gasteiger partial charge >= 0.3 is 0 Å². The molecule has 0 amide bonds. The van der Waals surface area contributed by atoms with E-state index in [-0.39, 0.29) is 0 Å². The fraction of sp³-hybridized carbons (Fsp3) is 0.222. The first-order valence-corrected chi connectivity index (χ1v) is 4.38. The lowest BCUT2D eigenvalue weighted by Crippen LogP contribution is -2.24. The number of nitrogens with one attached hydrogen (secondary N) is 2. The Kier molecular flexibility index (Phi) is 4.08. The molecule has 15 heavy (non-hydrogen) atoms. The number of nitro groups is 1. The van der Waals surface area contributed by atoms with Crippen molar-refractivity contribution in [2.24, 2.45) is 0 Å². The highest BCUT2D eigenvalue weighted by atomic mass is 16.6. The zero-order valence-electron chi connectivity index (χ0n) is 8.30. The van der Waals surface area contributed by atoms with Crippen LogP contribution < -0.4 is 10.6 Å². The van der Waals surface area contributed by atoms with Crippen molar-refractivity contribution in [2.75, 3.05) is 7.05 Å². The molecule has 1 rings (SSSR count). The second kappa shape index (κ2) is 5.58. The van der Waals surface area contributed by atoms with Gasteiger partial charge in [0.05, 0.1) is 4.92 Å². The number of pyridine rings is 1. The van der Waals surface area contributed by atoms with E-state index in [2.05, 4.69) is 15.6 Å². The molecule has 0 aliphatic rings. The van der Waals surface area contributed by atoms with Crippen LogP contribution in [0.15, 0.2) is 36.5 Å². The van der Waals surface area contributed by atoms with Crippen molar-refractivity contribution in [1.82, 2.24) is 15.6 Å². The molecule has 6 heteroatoms. The number of hydrogen-bond acceptors (Lipinski definition) is 5. The Morgan fingerprint density at radius 2 is 2.53 bits per heavy atom. The zero-order chi connectivity index (χ0) is 11.1. The third kappa shape index (κ3) is 4.08. The van der Waals surface area contributed by atoms with Gasteiger partial charge in [0.25, 0.3) is 6.20 Å². The maximum absolute atomic E-state index is 10.2. The van der Waals surface area contributed by atoms with Crippen LogP contribution in [0.3, 0.4) is 0 Å². The van der Waals surface area contributed by atoms with E-state index in [1.807, 2.05) is 12.1 Å². The van der Waals surface area contributed by atoms with Crippen LogP contribution in [0.4, 0.5) is 0 Å². The minimum atomic E-state index is -0.512. The van der Waals surface area contributed by atoms with E-state index >= 15 is 0 Å². The summed E-state index contributed by atoms with van der Waals surface area (Å²) in [5.74, 6) is 0.365. The largest absolute Gasteiger partial charge is 0.370 e. The fourth-order valence-electron chi connectivity index (χ4n) is 1.00. The van der Waals surface area contributed by atoms with Crippen molar-refractivity contribution in [1.29, 1.82) is 0 Å². The predicted octanol–water partition coefficient (Wildman–Crippen LogP) is 0.466. The number of rotatable bonds is 5. The van der Waals surface area contributed by atoms with Crippen LogP contribution in [0.5, 0.6) is 0 Å². The van der Waals surface area contributed by atoms with Crippen LogP contribution in [0.1, 0.15) is 5.56 Å². The lowest BCUT2D eigenvalue weighted by molar-refractivity contribution is -0.404. The van der Waals surface area contributed by atoms with Gasteiger partial charge in [0.15, 0.2) is 5.82 Å². The molecular weight excluding hydrogens is 196 g/mol. The maximum atomic E-state index is 10.2. The highest BCUT2D eigenvalue weighted by Gasteiger charge is 1.99. The van der Waals surface area contributed by atoms with Gasteiger partial charge in [-0.2, -0.15) is 0 Å². The molecule has 0 radical (unpaired) electrons. The zero-order valence-corrected chi connectivity index (χ0v) is 8.30. The molecule has 0 saturated heterocycles. The highest BCUT2D eigenvalue weighted by molar-refractivity contribution is 5.09. The molecule has 0 fully saturated rings. The van der Waals surface area contributed by atoms with Gasteiger partial charge in [-0.15, -0.1) is 0 Å². The molecule has 1 aromatic rings. The molecular formula is C9H12N4O2. The molecule has 0 aliphatic carbocycles. The lowest BCUT2D eigenvalue weighted by atomic mass is 10.3. The summed E-state index contributed by atoms with van der Waals surface area (Å²) in [6.45, 7) is 0.494. The maximum Gasteiger partial charge on any atom is 0.274 e. The Morgan fingerprint density at radius 3 is 3.07 bits per heavy atom. The molecule has 0 unspecified atom stereocenters. The third-order valence-electron chi connectivity index (χ3n) is 1.71. The van der Waals surface area contributed by atoms with Gasteiger partial charge in [0.2, 0.25) is 0 Å². The molecule has 1 aromatic heterocycles. The van der Waals surface area contributed by atoms with Gasteiger partial charge in [-0.05, 0) is 11.6 Å². The van der Waals surface area contributed by atoms with Crippen LogP contribution in [-0.4, -0.2) is 17.0 Å².